The first-order valence-electron chi connectivity index (χ1n) is 8.07. The number of carboxylic acid groups (broad SMARTS) is 1. The van der Waals surface area contributed by atoms with Gasteiger partial charge in [0.2, 0.25) is 0 Å². The molecular formula is C19H20ClNO3. The first kappa shape index (κ1) is 16.8. The van der Waals surface area contributed by atoms with Crippen molar-refractivity contribution in [3.05, 3.63) is 59.1 Å². The van der Waals surface area contributed by atoms with Crippen molar-refractivity contribution in [3.63, 3.8) is 0 Å². The third-order valence-corrected chi connectivity index (χ3v) is 4.70. The Hall–Kier alpha value is -2.04. The molecule has 2 aromatic carbocycles. The summed E-state index contributed by atoms with van der Waals surface area (Å²) in [5.74, 6) is 0. The third kappa shape index (κ3) is 3.89. The highest BCUT2D eigenvalue weighted by Crippen LogP contribution is 2.31. The summed E-state index contributed by atoms with van der Waals surface area (Å²) in [6.45, 7) is 1.57. The van der Waals surface area contributed by atoms with Crippen molar-refractivity contribution in [1.82, 2.24) is 4.90 Å². The van der Waals surface area contributed by atoms with Gasteiger partial charge < -0.3 is 14.7 Å². The lowest BCUT2D eigenvalue weighted by Crippen LogP contribution is -2.40. The second-order valence-corrected chi connectivity index (χ2v) is 6.32. The second kappa shape index (κ2) is 7.69. The molecule has 0 saturated carbocycles. The Kier molecular flexibility index (Phi) is 5.38. The largest absolute Gasteiger partial charge is 0.465 e. The van der Waals surface area contributed by atoms with Gasteiger partial charge in [0.25, 0.3) is 0 Å². The summed E-state index contributed by atoms with van der Waals surface area (Å²) in [6, 6.07) is 15.9. The van der Waals surface area contributed by atoms with E-state index >= 15 is 0 Å². The fraction of sp³-hybridized carbons (Fsp3) is 0.316. The van der Waals surface area contributed by atoms with E-state index in [9.17, 15) is 4.79 Å². The van der Waals surface area contributed by atoms with E-state index in [1.54, 1.807) is 0 Å². The summed E-state index contributed by atoms with van der Waals surface area (Å²) < 4.78 is 6.04. The number of carbonyl (C=O) groups is 1. The van der Waals surface area contributed by atoms with Crippen molar-refractivity contribution in [2.24, 2.45) is 0 Å². The van der Waals surface area contributed by atoms with Gasteiger partial charge in [0.15, 0.2) is 0 Å². The van der Waals surface area contributed by atoms with Crippen LogP contribution in [0.25, 0.3) is 11.1 Å². The molecule has 0 bridgehead atoms. The van der Waals surface area contributed by atoms with Gasteiger partial charge in [-0.2, -0.15) is 0 Å². The van der Waals surface area contributed by atoms with Gasteiger partial charge in [-0.25, -0.2) is 4.79 Å². The number of hydrogen-bond acceptors (Lipinski definition) is 2. The van der Waals surface area contributed by atoms with Gasteiger partial charge in [-0.1, -0.05) is 54.1 Å². The van der Waals surface area contributed by atoms with Crippen LogP contribution in [-0.2, 0) is 11.3 Å². The van der Waals surface area contributed by atoms with Gasteiger partial charge in [0.1, 0.15) is 0 Å². The van der Waals surface area contributed by atoms with Crippen LogP contribution in [-0.4, -0.2) is 35.3 Å². The van der Waals surface area contributed by atoms with Gasteiger partial charge in [-0.05, 0) is 30.0 Å². The zero-order valence-corrected chi connectivity index (χ0v) is 14.1. The molecule has 1 N–H and O–H groups in total. The van der Waals surface area contributed by atoms with Crippen molar-refractivity contribution in [2.45, 2.75) is 25.6 Å². The van der Waals surface area contributed by atoms with Crippen LogP contribution in [0, 0.1) is 0 Å². The fourth-order valence-corrected chi connectivity index (χ4v) is 3.25. The number of hydrogen-bond donors (Lipinski definition) is 1. The van der Waals surface area contributed by atoms with Gasteiger partial charge in [-0.3, -0.25) is 0 Å². The highest BCUT2D eigenvalue weighted by molar-refractivity contribution is 6.33. The number of rotatable bonds is 4. The van der Waals surface area contributed by atoms with Crippen molar-refractivity contribution >= 4 is 17.7 Å². The number of benzene rings is 2. The molecule has 4 nitrogen and oxygen atoms in total. The van der Waals surface area contributed by atoms with Crippen molar-refractivity contribution in [2.75, 3.05) is 13.1 Å². The maximum Gasteiger partial charge on any atom is 0.407 e. The van der Waals surface area contributed by atoms with Gasteiger partial charge in [0.05, 0.1) is 12.7 Å². The van der Waals surface area contributed by atoms with Crippen LogP contribution in [0.5, 0.6) is 0 Å². The molecule has 1 fully saturated rings. The van der Waals surface area contributed by atoms with Crippen LogP contribution in [0.2, 0.25) is 5.02 Å². The number of likely N-dealkylation sites (tertiary alicyclic amines) is 1. The summed E-state index contributed by atoms with van der Waals surface area (Å²) in [7, 11) is 0. The predicted octanol–water partition coefficient (Wildman–Crippen LogP) is 4.67. The van der Waals surface area contributed by atoms with Crippen LogP contribution in [0.1, 0.15) is 18.4 Å². The average molecular weight is 346 g/mol. The molecule has 0 spiro atoms. The van der Waals surface area contributed by atoms with Crippen molar-refractivity contribution < 1.29 is 14.6 Å². The fourth-order valence-electron chi connectivity index (χ4n) is 3.01. The van der Waals surface area contributed by atoms with Crippen molar-refractivity contribution in [3.8, 4) is 11.1 Å². The second-order valence-electron chi connectivity index (χ2n) is 5.92. The van der Waals surface area contributed by atoms with E-state index in [0.29, 0.717) is 19.7 Å². The molecule has 1 saturated heterocycles. The van der Waals surface area contributed by atoms with E-state index in [1.807, 2.05) is 48.5 Å². The summed E-state index contributed by atoms with van der Waals surface area (Å²) in [4.78, 5) is 12.4. The molecule has 0 aliphatic carbocycles. The minimum Gasteiger partial charge on any atom is -0.465 e. The molecule has 5 heteroatoms. The molecule has 0 aromatic heterocycles. The average Bonchev–Trinajstić information content (AvgIpc) is 2.61. The Balaban J connectivity index is 1.67. The number of halogens is 1. The number of ether oxygens (including phenoxy) is 1. The molecule has 24 heavy (non-hydrogen) atoms. The number of nitrogens with zero attached hydrogens (tertiary/aromatic N) is 1. The highest BCUT2D eigenvalue weighted by atomic mass is 35.5. The number of amides is 1. The normalized spacial score (nSPS) is 15.5. The van der Waals surface area contributed by atoms with Crippen LogP contribution >= 0.6 is 11.6 Å². The highest BCUT2D eigenvalue weighted by Gasteiger charge is 2.22. The van der Waals surface area contributed by atoms with Crippen LogP contribution < -0.4 is 0 Å². The monoisotopic (exact) mass is 345 g/mol. The molecule has 3 rings (SSSR count). The van der Waals surface area contributed by atoms with E-state index in [-0.39, 0.29) is 6.10 Å². The summed E-state index contributed by atoms with van der Waals surface area (Å²) >= 11 is 6.32. The molecule has 1 aliphatic heterocycles. The van der Waals surface area contributed by atoms with E-state index in [4.69, 9.17) is 21.4 Å². The Morgan fingerprint density at radius 1 is 1.08 bits per heavy atom. The lowest BCUT2D eigenvalue weighted by atomic mass is 10.00. The van der Waals surface area contributed by atoms with Gasteiger partial charge >= 0.3 is 6.09 Å². The molecule has 2 aromatic rings. The molecule has 0 radical (unpaired) electrons. The molecule has 1 aliphatic rings. The molecule has 126 valence electrons. The molecule has 1 heterocycles. The van der Waals surface area contributed by atoms with E-state index in [2.05, 4.69) is 0 Å². The minimum absolute atomic E-state index is 0.0971. The van der Waals surface area contributed by atoms with Crippen molar-refractivity contribution in [1.29, 1.82) is 0 Å². The van der Waals surface area contributed by atoms with Gasteiger partial charge in [-0.15, -0.1) is 0 Å². The zero-order valence-electron chi connectivity index (χ0n) is 13.3. The van der Waals surface area contributed by atoms with Crippen LogP contribution in [0.4, 0.5) is 4.79 Å². The first-order valence-corrected chi connectivity index (χ1v) is 8.45. The SMILES string of the molecule is O=C(O)N1CCC(OCc2ccccc2-c2ccccc2Cl)CC1. The molecule has 1 amide bonds. The summed E-state index contributed by atoms with van der Waals surface area (Å²) in [5, 5.41) is 9.72. The quantitative estimate of drug-likeness (QED) is 0.876. The van der Waals surface area contributed by atoms with E-state index in [1.165, 1.54) is 4.90 Å². The smallest absolute Gasteiger partial charge is 0.407 e. The Bertz CT molecular complexity index is 711. The minimum atomic E-state index is -0.850. The lowest BCUT2D eigenvalue weighted by Gasteiger charge is -2.30. The maximum atomic E-state index is 10.9. The Morgan fingerprint density at radius 2 is 1.71 bits per heavy atom. The Morgan fingerprint density at radius 3 is 2.38 bits per heavy atom. The van der Waals surface area contributed by atoms with E-state index in [0.717, 1.165) is 34.6 Å². The topological polar surface area (TPSA) is 49.8 Å². The zero-order chi connectivity index (χ0) is 16.9. The predicted molar refractivity (Wildman–Crippen MR) is 94.3 cm³/mol. The summed E-state index contributed by atoms with van der Waals surface area (Å²) in [6.07, 6.45) is 0.721. The molecule has 0 unspecified atom stereocenters. The standard InChI is InChI=1S/C19H20ClNO3/c20-18-8-4-3-7-17(18)16-6-2-1-5-14(16)13-24-15-9-11-21(12-10-15)19(22)23/h1-8,15H,9-13H2,(H,22,23). The maximum absolute atomic E-state index is 10.9. The van der Waals surface area contributed by atoms with Crippen LogP contribution in [0.15, 0.2) is 48.5 Å². The first-order chi connectivity index (χ1) is 11.6. The number of piperidine rings is 1. The molecular weight excluding hydrogens is 326 g/mol. The molecule has 0 atom stereocenters. The Labute approximate surface area is 146 Å². The summed E-state index contributed by atoms with van der Waals surface area (Å²) in [5.41, 5.74) is 3.16. The third-order valence-electron chi connectivity index (χ3n) is 4.37. The van der Waals surface area contributed by atoms with Gasteiger partial charge in [0, 0.05) is 23.7 Å². The van der Waals surface area contributed by atoms with E-state index < -0.39 is 6.09 Å². The van der Waals surface area contributed by atoms with Crippen LogP contribution in [0.3, 0.4) is 0 Å². The lowest BCUT2D eigenvalue weighted by molar-refractivity contribution is 0.000543.